The van der Waals surface area contributed by atoms with E-state index in [4.69, 9.17) is 5.14 Å². The maximum Gasteiger partial charge on any atom is 0.240 e. The lowest BCUT2D eigenvalue weighted by Gasteiger charge is -2.26. The lowest BCUT2D eigenvalue weighted by molar-refractivity contribution is 0.591. The number of thiazole rings is 1. The van der Waals surface area contributed by atoms with E-state index in [0.717, 1.165) is 5.01 Å². The smallest absolute Gasteiger partial charge is 0.240 e. The lowest BCUT2D eigenvalue weighted by atomic mass is 10.1. The van der Waals surface area contributed by atoms with Crippen molar-refractivity contribution in [3.8, 4) is 0 Å². The molecule has 7 heteroatoms. The summed E-state index contributed by atoms with van der Waals surface area (Å²) in [6.07, 6.45) is 1.72. The van der Waals surface area contributed by atoms with Gasteiger partial charge in [-0.3, -0.25) is 0 Å². The molecule has 102 valence electrons. The van der Waals surface area contributed by atoms with Gasteiger partial charge in [0.05, 0.1) is 11.2 Å². The Kier molecular flexibility index (Phi) is 3.62. The van der Waals surface area contributed by atoms with Crippen molar-refractivity contribution >= 4 is 27.0 Å². The number of primary sulfonamides is 1. The predicted molar refractivity (Wildman–Crippen MR) is 76.6 cm³/mol. The van der Waals surface area contributed by atoms with Crippen molar-refractivity contribution in [2.24, 2.45) is 5.14 Å². The van der Waals surface area contributed by atoms with Crippen molar-refractivity contribution in [1.29, 1.82) is 0 Å². The number of rotatable bonds is 4. The van der Waals surface area contributed by atoms with Crippen molar-refractivity contribution in [3.05, 3.63) is 40.8 Å². The Morgan fingerprint density at radius 3 is 2.58 bits per heavy atom. The maximum atomic E-state index is 11.6. The third-order valence-electron chi connectivity index (χ3n) is 2.61. The van der Waals surface area contributed by atoms with Crippen LogP contribution in [0, 0.1) is 0 Å². The Bertz CT molecular complexity index is 664. The zero-order chi connectivity index (χ0) is 14.1. The molecule has 0 radical (unpaired) electrons. The second-order valence-corrected chi connectivity index (χ2v) is 7.05. The molecule has 5 nitrogen and oxygen atoms in total. The van der Waals surface area contributed by atoms with Crippen LogP contribution in [0.5, 0.6) is 0 Å². The van der Waals surface area contributed by atoms with Crippen LogP contribution in [0.25, 0.3) is 0 Å². The monoisotopic (exact) mass is 297 g/mol. The minimum Gasteiger partial charge on any atom is -0.373 e. The number of hydrogen-bond donors (Lipinski definition) is 2. The van der Waals surface area contributed by atoms with Gasteiger partial charge in [-0.2, -0.15) is 0 Å². The molecule has 2 aromatic rings. The molecular formula is C12H15N3O2S2. The molecule has 0 saturated carbocycles. The molecule has 0 spiro atoms. The number of nitrogens with zero attached hydrogens (tertiary/aromatic N) is 1. The number of nitrogens with two attached hydrogens (primary N) is 1. The van der Waals surface area contributed by atoms with Crippen molar-refractivity contribution in [1.82, 2.24) is 4.98 Å². The van der Waals surface area contributed by atoms with E-state index in [1.807, 2.05) is 19.2 Å². The SMILES string of the molecule is CC(C)(Nc1ccccc1S(N)(=O)=O)c1nccs1. The number of sulfonamides is 1. The van der Waals surface area contributed by atoms with Gasteiger partial charge in [-0.25, -0.2) is 18.5 Å². The summed E-state index contributed by atoms with van der Waals surface area (Å²) in [5.41, 5.74) is -0.000185. The molecule has 0 bridgehead atoms. The Morgan fingerprint density at radius 2 is 2.00 bits per heavy atom. The molecule has 0 unspecified atom stereocenters. The molecule has 0 aliphatic heterocycles. The fourth-order valence-corrected chi connectivity index (χ4v) is 3.15. The number of benzene rings is 1. The summed E-state index contributed by atoms with van der Waals surface area (Å²) in [7, 11) is -3.75. The average Bonchev–Trinajstić information content (AvgIpc) is 2.81. The molecule has 19 heavy (non-hydrogen) atoms. The Balaban J connectivity index is 2.40. The first-order chi connectivity index (χ1) is 8.81. The molecule has 2 rings (SSSR count). The van der Waals surface area contributed by atoms with Crippen LogP contribution in [-0.4, -0.2) is 13.4 Å². The molecule has 1 aromatic carbocycles. The van der Waals surface area contributed by atoms with Crippen LogP contribution in [0.4, 0.5) is 5.69 Å². The number of para-hydroxylation sites is 1. The van der Waals surface area contributed by atoms with E-state index >= 15 is 0 Å². The molecule has 0 saturated heterocycles. The molecule has 1 heterocycles. The Morgan fingerprint density at radius 1 is 1.32 bits per heavy atom. The summed E-state index contributed by atoms with van der Waals surface area (Å²) in [6, 6.07) is 6.57. The van der Waals surface area contributed by atoms with Crippen molar-refractivity contribution in [3.63, 3.8) is 0 Å². The minimum atomic E-state index is -3.75. The zero-order valence-corrected chi connectivity index (χ0v) is 12.3. The van der Waals surface area contributed by atoms with Crippen LogP contribution in [0.15, 0.2) is 40.7 Å². The van der Waals surface area contributed by atoms with Gasteiger partial charge in [-0.05, 0) is 26.0 Å². The van der Waals surface area contributed by atoms with E-state index in [1.54, 1.807) is 24.4 Å². The highest BCUT2D eigenvalue weighted by Gasteiger charge is 2.25. The van der Waals surface area contributed by atoms with Crippen LogP contribution >= 0.6 is 11.3 Å². The summed E-state index contributed by atoms with van der Waals surface area (Å²) < 4.78 is 23.1. The highest BCUT2D eigenvalue weighted by Crippen LogP contribution is 2.30. The van der Waals surface area contributed by atoms with E-state index in [9.17, 15) is 8.42 Å². The molecular weight excluding hydrogens is 282 g/mol. The molecule has 0 atom stereocenters. The molecule has 3 N–H and O–H groups in total. The van der Waals surface area contributed by atoms with Gasteiger partial charge < -0.3 is 5.32 Å². The molecule has 0 aliphatic carbocycles. The number of aromatic nitrogens is 1. The van der Waals surface area contributed by atoms with Gasteiger partial charge in [0.15, 0.2) is 0 Å². The first-order valence-corrected chi connectivity index (χ1v) is 8.03. The van der Waals surface area contributed by atoms with Gasteiger partial charge in [0, 0.05) is 11.6 Å². The van der Waals surface area contributed by atoms with E-state index in [0.29, 0.717) is 5.69 Å². The second-order valence-electron chi connectivity index (χ2n) is 4.63. The van der Waals surface area contributed by atoms with Crippen LogP contribution in [0.1, 0.15) is 18.9 Å². The molecule has 0 fully saturated rings. The van der Waals surface area contributed by atoms with Gasteiger partial charge in [-0.1, -0.05) is 12.1 Å². The summed E-state index contributed by atoms with van der Waals surface area (Å²) in [5, 5.41) is 11.2. The standard InChI is InChI=1S/C12H15N3O2S2/c1-12(2,11-14-7-8-18-11)15-9-5-3-4-6-10(9)19(13,16)17/h3-8,15H,1-2H3,(H2,13,16,17). The fraction of sp³-hybridized carbons (Fsp3) is 0.250. The Labute approximate surface area is 116 Å². The predicted octanol–water partition coefficient (Wildman–Crippen LogP) is 2.14. The summed E-state index contributed by atoms with van der Waals surface area (Å²) in [6.45, 7) is 3.87. The number of nitrogens with one attached hydrogen (secondary N) is 1. The quantitative estimate of drug-likeness (QED) is 0.905. The first-order valence-electron chi connectivity index (χ1n) is 5.61. The zero-order valence-electron chi connectivity index (χ0n) is 10.6. The first kappa shape index (κ1) is 14.0. The van der Waals surface area contributed by atoms with E-state index in [-0.39, 0.29) is 4.90 Å². The van der Waals surface area contributed by atoms with Gasteiger partial charge in [0.1, 0.15) is 9.90 Å². The van der Waals surface area contributed by atoms with Crippen molar-refractivity contribution in [2.45, 2.75) is 24.3 Å². The van der Waals surface area contributed by atoms with Crippen LogP contribution in [0.2, 0.25) is 0 Å². The van der Waals surface area contributed by atoms with Crippen molar-refractivity contribution in [2.75, 3.05) is 5.32 Å². The average molecular weight is 297 g/mol. The molecule has 0 amide bonds. The van der Waals surface area contributed by atoms with Crippen LogP contribution < -0.4 is 10.5 Å². The molecule has 1 aromatic heterocycles. The second kappa shape index (κ2) is 4.92. The molecule has 0 aliphatic rings. The third-order valence-corrected chi connectivity index (χ3v) is 4.67. The minimum absolute atomic E-state index is 0.0830. The number of anilines is 1. The van der Waals surface area contributed by atoms with Gasteiger partial charge in [-0.15, -0.1) is 11.3 Å². The largest absolute Gasteiger partial charge is 0.373 e. The normalized spacial score (nSPS) is 12.4. The summed E-state index contributed by atoms with van der Waals surface area (Å²) in [5.74, 6) is 0. The lowest BCUT2D eigenvalue weighted by Crippen LogP contribution is -2.29. The summed E-state index contributed by atoms with van der Waals surface area (Å²) >= 11 is 1.51. The summed E-state index contributed by atoms with van der Waals surface area (Å²) in [4.78, 5) is 4.33. The van der Waals surface area contributed by atoms with Gasteiger partial charge in [0.25, 0.3) is 0 Å². The van der Waals surface area contributed by atoms with E-state index in [1.165, 1.54) is 17.4 Å². The van der Waals surface area contributed by atoms with Crippen molar-refractivity contribution < 1.29 is 8.42 Å². The van der Waals surface area contributed by atoms with Crippen LogP contribution in [0.3, 0.4) is 0 Å². The van der Waals surface area contributed by atoms with E-state index in [2.05, 4.69) is 10.3 Å². The topological polar surface area (TPSA) is 85.1 Å². The highest BCUT2D eigenvalue weighted by molar-refractivity contribution is 7.89. The Hall–Kier alpha value is -1.44. The van der Waals surface area contributed by atoms with Crippen LogP contribution in [-0.2, 0) is 15.6 Å². The van der Waals surface area contributed by atoms with Gasteiger partial charge >= 0.3 is 0 Å². The van der Waals surface area contributed by atoms with Gasteiger partial charge in [0.2, 0.25) is 10.0 Å². The fourth-order valence-electron chi connectivity index (χ4n) is 1.74. The highest BCUT2D eigenvalue weighted by atomic mass is 32.2. The number of hydrogen-bond acceptors (Lipinski definition) is 5. The van der Waals surface area contributed by atoms with E-state index < -0.39 is 15.6 Å². The maximum absolute atomic E-state index is 11.6. The third kappa shape index (κ3) is 3.12.